The molecule has 2 unspecified atom stereocenters. The van der Waals surface area contributed by atoms with Crippen LogP contribution in [-0.2, 0) is 6.54 Å². The predicted molar refractivity (Wildman–Crippen MR) is 107 cm³/mol. The second-order valence-electron chi connectivity index (χ2n) is 5.79. The molecule has 0 amide bonds. The molecule has 0 aromatic heterocycles. The van der Waals surface area contributed by atoms with Crippen LogP contribution in [0.3, 0.4) is 0 Å². The molecular weight excluding hydrogens is 416 g/mol. The van der Waals surface area contributed by atoms with E-state index in [1.54, 1.807) is 12.1 Å². The maximum Gasteiger partial charge on any atom is 0.191 e. The van der Waals surface area contributed by atoms with Gasteiger partial charge >= 0.3 is 0 Å². The van der Waals surface area contributed by atoms with Crippen LogP contribution in [0.25, 0.3) is 0 Å². The van der Waals surface area contributed by atoms with Crippen molar-refractivity contribution in [3.05, 3.63) is 71.5 Å². The van der Waals surface area contributed by atoms with Crippen molar-refractivity contribution >= 4 is 29.9 Å². The highest BCUT2D eigenvalue weighted by Crippen LogP contribution is 2.40. The van der Waals surface area contributed by atoms with Gasteiger partial charge in [-0.05, 0) is 25.0 Å². The molecule has 1 aliphatic carbocycles. The molecule has 128 valence electrons. The van der Waals surface area contributed by atoms with Crippen LogP contribution in [0, 0.1) is 5.82 Å². The largest absolute Gasteiger partial charge is 0.357 e. The van der Waals surface area contributed by atoms with Gasteiger partial charge in [-0.1, -0.05) is 48.5 Å². The molecule has 1 saturated carbocycles. The number of rotatable bonds is 5. The van der Waals surface area contributed by atoms with Crippen molar-refractivity contribution in [2.75, 3.05) is 6.54 Å². The molecule has 5 heteroatoms. The topological polar surface area (TPSA) is 36.4 Å². The summed E-state index contributed by atoms with van der Waals surface area (Å²) >= 11 is 0. The molecule has 0 radical (unpaired) electrons. The van der Waals surface area contributed by atoms with E-state index < -0.39 is 0 Å². The van der Waals surface area contributed by atoms with E-state index >= 15 is 0 Å². The fraction of sp³-hybridized carbons (Fsp3) is 0.316. The van der Waals surface area contributed by atoms with Crippen molar-refractivity contribution in [2.45, 2.75) is 31.8 Å². The summed E-state index contributed by atoms with van der Waals surface area (Å²) in [4.78, 5) is 4.51. The zero-order chi connectivity index (χ0) is 16.1. The lowest BCUT2D eigenvalue weighted by molar-refractivity contribution is 0.610. The van der Waals surface area contributed by atoms with Crippen molar-refractivity contribution in [2.24, 2.45) is 4.99 Å². The molecule has 0 aliphatic heterocycles. The Bertz CT molecular complexity index is 675. The average molecular weight is 439 g/mol. The Labute approximate surface area is 159 Å². The van der Waals surface area contributed by atoms with E-state index in [1.807, 2.05) is 19.1 Å². The van der Waals surface area contributed by atoms with Crippen LogP contribution < -0.4 is 10.6 Å². The highest BCUT2D eigenvalue weighted by molar-refractivity contribution is 14.0. The maximum atomic E-state index is 13.7. The van der Waals surface area contributed by atoms with Crippen LogP contribution in [0.4, 0.5) is 4.39 Å². The van der Waals surface area contributed by atoms with E-state index in [4.69, 9.17) is 0 Å². The quantitative estimate of drug-likeness (QED) is 0.419. The molecule has 1 aliphatic rings. The van der Waals surface area contributed by atoms with Crippen molar-refractivity contribution < 1.29 is 4.39 Å². The first-order chi connectivity index (χ1) is 11.3. The fourth-order valence-corrected chi connectivity index (χ4v) is 2.71. The Morgan fingerprint density at radius 2 is 1.83 bits per heavy atom. The summed E-state index contributed by atoms with van der Waals surface area (Å²) in [5.41, 5.74) is 1.97. The minimum Gasteiger partial charge on any atom is -0.357 e. The number of nitrogens with zero attached hydrogens (tertiary/aromatic N) is 1. The molecule has 2 aromatic rings. The summed E-state index contributed by atoms with van der Waals surface area (Å²) in [6.45, 7) is 3.15. The van der Waals surface area contributed by atoms with E-state index in [2.05, 4.69) is 39.9 Å². The fourth-order valence-electron chi connectivity index (χ4n) is 2.71. The molecule has 2 aromatic carbocycles. The average Bonchev–Trinajstić information content (AvgIpc) is 3.34. The summed E-state index contributed by atoms with van der Waals surface area (Å²) in [6, 6.07) is 17.7. The van der Waals surface area contributed by atoms with Gasteiger partial charge in [0.25, 0.3) is 0 Å². The highest BCUT2D eigenvalue weighted by atomic mass is 127. The molecule has 0 spiro atoms. The normalized spacial score (nSPS) is 19.3. The predicted octanol–water partition coefficient (Wildman–Crippen LogP) is 4.05. The highest BCUT2D eigenvalue weighted by Gasteiger charge is 2.38. The van der Waals surface area contributed by atoms with Crippen LogP contribution in [-0.4, -0.2) is 18.5 Å². The van der Waals surface area contributed by atoms with E-state index in [0.29, 0.717) is 24.1 Å². The summed E-state index contributed by atoms with van der Waals surface area (Å²) in [5.74, 6) is 1.08. The van der Waals surface area contributed by atoms with Crippen molar-refractivity contribution in [1.29, 1.82) is 0 Å². The van der Waals surface area contributed by atoms with E-state index in [1.165, 1.54) is 11.6 Å². The third kappa shape index (κ3) is 4.93. The second kappa shape index (κ2) is 9.01. The van der Waals surface area contributed by atoms with E-state index in [0.717, 1.165) is 18.9 Å². The summed E-state index contributed by atoms with van der Waals surface area (Å²) in [7, 11) is 0. The zero-order valence-corrected chi connectivity index (χ0v) is 16.0. The number of aliphatic imine (C=N–C) groups is 1. The van der Waals surface area contributed by atoms with E-state index in [9.17, 15) is 4.39 Å². The minimum absolute atomic E-state index is 0. The number of guanidine groups is 1. The molecule has 0 bridgehead atoms. The van der Waals surface area contributed by atoms with Crippen LogP contribution in [0.2, 0.25) is 0 Å². The summed E-state index contributed by atoms with van der Waals surface area (Å²) < 4.78 is 13.7. The van der Waals surface area contributed by atoms with E-state index in [-0.39, 0.29) is 29.8 Å². The van der Waals surface area contributed by atoms with Gasteiger partial charge < -0.3 is 10.6 Å². The molecular formula is C19H23FIN3. The number of halogens is 2. The molecule has 2 N–H and O–H groups in total. The summed E-state index contributed by atoms with van der Waals surface area (Å²) in [5, 5.41) is 6.68. The number of benzene rings is 2. The molecule has 0 heterocycles. The van der Waals surface area contributed by atoms with Crippen molar-refractivity contribution in [3.63, 3.8) is 0 Å². The second-order valence-corrected chi connectivity index (χ2v) is 5.79. The van der Waals surface area contributed by atoms with Gasteiger partial charge in [-0.2, -0.15) is 0 Å². The lowest BCUT2D eigenvalue weighted by Gasteiger charge is -2.11. The number of hydrogen-bond acceptors (Lipinski definition) is 1. The Balaban J connectivity index is 0.00000208. The number of hydrogen-bond donors (Lipinski definition) is 2. The molecule has 24 heavy (non-hydrogen) atoms. The monoisotopic (exact) mass is 439 g/mol. The van der Waals surface area contributed by atoms with Gasteiger partial charge in [-0.15, -0.1) is 24.0 Å². The molecule has 1 fully saturated rings. The first-order valence-electron chi connectivity index (χ1n) is 8.11. The van der Waals surface area contributed by atoms with Gasteiger partial charge in [0.1, 0.15) is 5.82 Å². The van der Waals surface area contributed by atoms with Crippen LogP contribution >= 0.6 is 24.0 Å². The Kier molecular flexibility index (Phi) is 7.02. The van der Waals surface area contributed by atoms with Gasteiger partial charge in [-0.3, -0.25) is 0 Å². The summed E-state index contributed by atoms with van der Waals surface area (Å²) in [6.07, 6.45) is 1.11. The first-order valence-corrected chi connectivity index (χ1v) is 8.11. The molecule has 3 nitrogen and oxygen atoms in total. The first kappa shape index (κ1) is 18.7. The van der Waals surface area contributed by atoms with Crippen LogP contribution in [0.15, 0.2) is 59.6 Å². The van der Waals surface area contributed by atoms with Gasteiger partial charge in [0.05, 0.1) is 6.54 Å². The minimum atomic E-state index is -0.208. The Hall–Kier alpha value is -1.63. The molecule has 3 rings (SSSR count). The van der Waals surface area contributed by atoms with Gasteiger partial charge in [0, 0.05) is 24.1 Å². The Morgan fingerprint density at radius 1 is 1.12 bits per heavy atom. The molecule has 2 atom stereocenters. The van der Waals surface area contributed by atoms with Gasteiger partial charge in [0.15, 0.2) is 5.96 Å². The third-order valence-electron chi connectivity index (χ3n) is 4.05. The lowest BCUT2D eigenvalue weighted by Crippen LogP contribution is -2.39. The standard InChI is InChI=1S/C19H22FN3.HI/c1-2-21-19(22-13-15-10-6-7-11-17(15)20)23-18-12-16(18)14-8-4-3-5-9-14;/h3-11,16,18H,2,12-13H2,1H3,(H2,21,22,23);1H. The molecule has 0 saturated heterocycles. The zero-order valence-electron chi connectivity index (χ0n) is 13.7. The van der Waals surface area contributed by atoms with Crippen LogP contribution in [0.5, 0.6) is 0 Å². The number of nitrogens with one attached hydrogen (secondary N) is 2. The van der Waals surface area contributed by atoms with Crippen molar-refractivity contribution in [3.8, 4) is 0 Å². The Morgan fingerprint density at radius 3 is 2.54 bits per heavy atom. The lowest BCUT2D eigenvalue weighted by atomic mass is 10.1. The maximum absolute atomic E-state index is 13.7. The van der Waals surface area contributed by atoms with Gasteiger partial charge in [0.2, 0.25) is 0 Å². The van der Waals surface area contributed by atoms with Crippen LogP contribution in [0.1, 0.15) is 30.4 Å². The SMILES string of the molecule is CCNC(=NCc1ccccc1F)NC1CC1c1ccccc1.I. The third-order valence-corrected chi connectivity index (χ3v) is 4.05. The smallest absolute Gasteiger partial charge is 0.191 e. The van der Waals surface area contributed by atoms with Crippen molar-refractivity contribution in [1.82, 2.24) is 10.6 Å². The van der Waals surface area contributed by atoms with Gasteiger partial charge in [-0.25, -0.2) is 9.38 Å².